The molecule has 1 saturated heterocycles. The summed E-state index contributed by atoms with van der Waals surface area (Å²) in [7, 11) is 2.01. The Kier molecular flexibility index (Phi) is 5.30. The lowest BCUT2D eigenvalue weighted by atomic mass is 10.2. The number of likely N-dealkylation sites (tertiary alicyclic amines) is 1. The van der Waals surface area contributed by atoms with Gasteiger partial charge >= 0.3 is 0 Å². The first-order valence-electron chi connectivity index (χ1n) is 8.63. The van der Waals surface area contributed by atoms with E-state index in [1.165, 1.54) is 5.56 Å². The number of carbonyl (C=O) groups is 1. The van der Waals surface area contributed by atoms with Gasteiger partial charge in [-0.1, -0.05) is 30.3 Å². The minimum atomic E-state index is 0.222. The third kappa shape index (κ3) is 4.23. The first-order chi connectivity index (χ1) is 11.6. The van der Waals surface area contributed by atoms with Gasteiger partial charge < -0.3 is 4.90 Å². The molecular formula is C19H26N4O. The normalized spacial score (nSPS) is 17.6. The Labute approximate surface area is 143 Å². The van der Waals surface area contributed by atoms with Crippen molar-refractivity contribution in [1.82, 2.24) is 19.6 Å². The zero-order valence-corrected chi connectivity index (χ0v) is 14.6. The fraction of sp³-hybridized carbons (Fsp3) is 0.474. The van der Waals surface area contributed by atoms with Crippen LogP contribution in [0.5, 0.6) is 0 Å². The Morgan fingerprint density at radius 2 is 2.12 bits per heavy atom. The number of aryl methyl sites for hydroxylation is 1. The summed E-state index contributed by atoms with van der Waals surface area (Å²) in [6.45, 7) is 4.96. The summed E-state index contributed by atoms with van der Waals surface area (Å²) in [5, 5.41) is 4.36. The van der Waals surface area contributed by atoms with E-state index in [-0.39, 0.29) is 11.9 Å². The first-order valence-corrected chi connectivity index (χ1v) is 8.63. The SMILES string of the molecule is Cc1cnn(C[C@@H]2CCCN2C(=O)CN(C)Cc2ccccc2)c1. The van der Waals surface area contributed by atoms with Gasteiger partial charge in [0.2, 0.25) is 5.91 Å². The minimum absolute atomic E-state index is 0.222. The van der Waals surface area contributed by atoms with Crippen LogP contribution in [0.3, 0.4) is 0 Å². The van der Waals surface area contributed by atoms with Crippen LogP contribution in [0.2, 0.25) is 0 Å². The molecule has 5 nitrogen and oxygen atoms in total. The summed E-state index contributed by atoms with van der Waals surface area (Å²) in [5.74, 6) is 0.222. The van der Waals surface area contributed by atoms with E-state index in [4.69, 9.17) is 0 Å². The van der Waals surface area contributed by atoms with Crippen LogP contribution in [-0.4, -0.2) is 51.7 Å². The van der Waals surface area contributed by atoms with E-state index in [1.54, 1.807) is 0 Å². The molecule has 0 N–H and O–H groups in total. The number of amides is 1. The second-order valence-corrected chi connectivity index (χ2v) is 6.78. The van der Waals surface area contributed by atoms with Crippen molar-refractivity contribution >= 4 is 5.91 Å². The van der Waals surface area contributed by atoms with Gasteiger partial charge in [-0.05, 0) is 37.9 Å². The molecule has 1 atom stereocenters. The molecule has 2 heterocycles. The number of likely N-dealkylation sites (N-methyl/N-ethyl adjacent to an activating group) is 1. The van der Waals surface area contributed by atoms with Gasteiger partial charge in [0.25, 0.3) is 0 Å². The number of hydrogen-bond acceptors (Lipinski definition) is 3. The molecule has 128 valence electrons. The monoisotopic (exact) mass is 326 g/mol. The van der Waals surface area contributed by atoms with E-state index in [9.17, 15) is 4.79 Å². The van der Waals surface area contributed by atoms with Crippen molar-refractivity contribution in [3.05, 3.63) is 53.9 Å². The molecule has 2 aromatic rings. The molecule has 5 heteroatoms. The summed E-state index contributed by atoms with van der Waals surface area (Å²) in [6.07, 6.45) is 6.06. The van der Waals surface area contributed by atoms with Crippen LogP contribution in [0.1, 0.15) is 24.0 Å². The summed E-state index contributed by atoms with van der Waals surface area (Å²) in [6, 6.07) is 10.5. The number of nitrogens with zero attached hydrogens (tertiary/aromatic N) is 4. The van der Waals surface area contributed by atoms with Crippen LogP contribution >= 0.6 is 0 Å². The molecule has 1 aliphatic rings. The number of hydrogen-bond donors (Lipinski definition) is 0. The van der Waals surface area contributed by atoms with Gasteiger partial charge in [-0.2, -0.15) is 5.10 Å². The number of rotatable bonds is 6. The second-order valence-electron chi connectivity index (χ2n) is 6.78. The highest BCUT2D eigenvalue weighted by Crippen LogP contribution is 2.19. The highest BCUT2D eigenvalue weighted by atomic mass is 16.2. The number of benzene rings is 1. The lowest BCUT2D eigenvalue weighted by Crippen LogP contribution is -2.43. The fourth-order valence-corrected chi connectivity index (χ4v) is 3.41. The van der Waals surface area contributed by atoms with E-state index in [1.807, 2.05) is 54.1 Å². The van der Waals surface area contributed by atoms with Crippen LogP contribution in [-0.2, 0) is 17.9 Å². The number of aromatic nitrogens is 2. The van der Waals surface area contributed by atoms with E-state index >= 15 is 0 Å². The lowest BCUT2D eigenvalue weighted by molar-refractivity contribution is -0.133. The molecule has 0 aliphatic carbocycles. The van der Waals surface area contributed by atoms with Crippen LogP contribution in [0.25, 0.3) is 0 Å². The third-order valence-electron chi connectivity index (χ3n) is 4.56. The van der Waals surface area contributed by atoms with Gasteiger partial charge in [-0.25, -0.2) is 0 Å². The molecule has 3 rings (SSSR count). The lowest BCUT2D eigenvalue weighted by Gasteiger charge is -2.27. The number of carbonyl (C=O) groups excluding carboxylic acids is 1. The largest absolute Gasteiger partial charge is 0.337 e. The summed E-state index contributed by atoms with van der Waals surface area (Å²) in [4.78, 5) is 16.8. The van der Waals surface area contributed by atoms with Gasteiger partial charge in [0.1, 0.15) is 0 Å². The maximum Gasteiger partial charge on any atom is 0.237 e. The van der Waals surface area contributed by atoms with Crippen molar-refractivity contribution in [2.45, 2.75) is 38.9 Å². The molecule has 1 aromatic heterocycles. The highest BCUT2D eigenvalue weighted by Gasteiger charge is 2.29. The molecule has 0 unspecified atom stereocenters. The van der Waals surface area contributed by atoms with Crippen molar-refractivity contribution in [2.75, 3.05) is 20.1 Å². The summed E-state index contributed by atoms with van der Waals surface area (Å²) >= 11 is 0. The Bertz CT molecular complexity index is 667. The first kappa shape index (κ1) is 16.7. The Morgan fingerprint density at radius 3 is 2.83 bits per heavy atom. The van der Waals surface area contributed by atoms with E-state index in [0.29, 0.717) is 6.54 Å². The van der Waals surface area contributed by atoms with Crippen LogP contribution in [0, 0.1) is 6.92 Å². The van der Waals surface area contributed by atoms with Crippen molar-refractivity contribution < 1.29 is 4.79 Å². The standard InChI is InChI=1S/C19H26N4O/c1-16-11-20-22(12-16)14-18-9-6-10-23(18)19(24)15-21(2)13-17-7-4-3-5-8-17/h3-5,7-8,11-12,18H,6,9-10,13-15H2,1-2H3/t18-/m0/s1. The molecule has 0 radical (unpaired) electrons. The summed E-state index contributed by atoms with van der Waals surface area (Å²) in [5.41, 5.74) is 2.39. The van der Waals surface area contributed by atoms with Gasteiger partial charge in [0.15, 0.2) is 0 Å². The molecule has 0 spiro atoms. The quantitative estimate of drug-likeness (QED) is 0.818. The average molecular weight is 326 g/mol. The second kappa shape index (κ2) is 7.62. The van der Waals surface area contributed by atoms with E-state index in [0.717, 1.165) is 38.0 Å². The molecule has 0 bridgehead atoms. The maximum absolute atomic E-state index is 12.7. The van der Waals surface area contributed by atoms with Gasteiger partial charge in [0.05, 0.1) is 25.3 Å². The van der Waals surface area contributed by atoms with Crippen molar-refractivity contribution in [3.63, 3.8) is 0 Å². The Balaban J connectivity index is 1.55. The van der Waals surface area contributed by atoms with Crippen LogP contribution < -0.4 is 0 Å². The average Bonchev–Trinajstić information content (AvgIpc) is 3.17. The predicted molar refractivity (Wildman–Crippen MR) is 94.5 cm³/mol. The maximum atomic E-state index is 12.7. The molecule has 24 heavy (non-hydrogen) atoms. The van der Waals surface area contributed by atoms with Gasteiger partial charge in [-0.15, -0.1) is 0 Å². The van der Waals surface area contributed by atoms with Crippen LogP contribution in [0.4, 0.5) is 0 Å². The van der Waals surface area contributed by atoms with Crippen molar-refractivity contribution in [1.29, 1.82) is 0 Å². The van der Waals surface area contributed by atoms with Crippen molar-refractivity contribution in [2.24, 2.45) is 0 Å². The Morgan fingerprint density at radius 1 is 1.33 bits per heavy atom. The predicted octanol–water partition coefficient (Wildman–Crippen LogP) is 2.31. The summed E-state index contributed by atoms with van der Waals surface area (Å²) < 4.78 is 1.96. The molecule has 1 fully saturated rings. The molecule has 1 amide bonds. The molecular weight excluding hydrogens is 300 g/mol. The third-order valence-corrected chi connectivity index (χ3v) is 4.56. The fourth-order valence-electron chi connectivity index (χ4n) is 3.41. The highest BCUT2D eigenvalue weighted by molar-refractivity contribution is 5.78. The van der Waals surface area contributed by atoms with Crippen LogP contribution in [0.15, 0.2) is 42.7 Å². The molecule has 1 aliphatic heterocycles. The minimum Gasteiger partial charge on any atom is -0.337 e. The van der Waals surface area contributed by atoms with Crippen molar-refractivity contribution in [3.8, 4) is 0 Å². The van der Waals surface area contributed by atoms with E-state index < -0.39 is 0 Å². The Hall–Kier alpha value is -2.14. The smallest absolute Gasteiger partial charge is 0.237 e. The molecule has 0 saturated carbocycles. The zero-order chi connectivity index (χ0) is 16.9. The van der Waals surface area contributed by atoms with Gasteiger partial charge in [-0.3, -0.25) is 14.4 Å². The van der Waals surface area contributed by atoms with E-state index in [2.05, 4.69) is 22.1 Å². The zero-order valence-electron chi connectivity index (χ0n) is 14.6. The van der Waals surface area contributed by atoms with Gasteiger partial charge in [0, 0.05) is 19.3 Å². The molecule has 1 aromatic carbocycles. The topological polar surface area (TPSA) is 41.4 Å².